The van der Waals surface area contributed by atoms with Gasteiger partial charge in [0.15, 0.2) is 0 Å². The standard InChI is InChI=1S/C24H23N5O2/c1-30-18-9-10-19-21(14-18)25-15-26-24(19,31-2)29-17-8-11-20-22(13-17)28-23(27-20)12-16-6-4-3-5-7-16/h3-11,13-15,29H,12H2,1-2H3,(H,25,26)(H,27,28). The lowest BCUT2D eigenvalue weighted by atomic mass is 10.1. The van der Waals surface area contributed by atoms with Crippen molar-refractivity contribution >= 4 is 28.7 Å². The van der Waals surface area contributed by atoms with Crippen molar-refractivity contribution in [2.75, 3.05) is 24.9 Å². The summed E-state index contributed by atoms with van der Waals surface area (Å²) in [5.74, 6) is 0.640. The monoisotopic (exact) mass is 413 g/mol. The number of aromatic nitrogens is 2. The quantitative estimate of drug-likeness (QED) is 0.406. The Morgan fingerprint density at radius 2 is 1.87 bits per heavy atom. The molecule has 1 atom stereocenters. The molecule has 4 aromatic rings. The SMILES string of the molecule is COc1ccc2c(c1)NC=NC2(Nc1ccc2nc(Cc3ccccc3)[nH]c2c1)OC. The summed E-state index contributed by atoms with van der Waals surface area (Å²) in [6, 6.07) is 22.1. The summed E-state index contributed by atoms with van der Waals surface area (Å²) >= 11 is 0. The van der Waals surface area contributed by atoms with Crippen LogP contribution in [0.4, 0.5) is 11.4 Å². The minimum Gasteiger partial charge on any atom is -0.497 e. The van der Waals surface area contributed by atoms with Gasteiger partial charge in [0.05, 0.1) is 35.7 Å². The Morgan fingerprint density at radius 3 is 2.68 bits per heavy atom. The van der Waals surface area contributed by atoms with Crippen molar-refractivity contribution in [3.63, 3.8) is 0 Å². The van der Waals surface area contributed by atoms with Crippen LogP contribution in [0.5, 0.6) is 5.75 Å². The van der Waals surface area contributed by atoms with E-state index in [2.05, 4.69) is 32.7 Å². The van der Waals surface area contributed by atoms with Crippen molar-refractivity contribution in [3.8, 4) is 5.75 Å². The third kappa shape index (κ3) is 3.60. The first-order chi connectivity index (χ1) is 15.2. The third-order valence-corrected chi connectivity index (χ3v) is 5.41. The van der Waals surface area contributed by atoms with Crippen LogP contribution in [-0.2, 0) is 17.0 Å². The highest BCUT2D eigenvalue weighted by Gasteiger charge is 2.36. The molecule has 1 unspecified atom stereocenters. The molecular formula is C24H23N5O2. The lowest BCUT2D eigenvalue weighted by molar-refractivity contribution is 0.0191. The zero-order valence-electron chi connectivity index (χ0n) is 17.3. The van der Waals surface area contributed by atoms with Gasteiger partial charge in [0, 0.05) is 25.3 Å². The molecule has 0 bridgehead atoms. The fourth-order valence-electron chi connectivity index (χ4n) is 3.85. The molecule has 0 spiro atoms. The highest BCUT2D eigenvalue weighted by atomic mass is 16.5. The van der Waals surface area contributed by atoms with Crippen molar-refractivity contribution in [1.82, 2.24) is 9.97 Å². The maximum Gasteiger partial charge on any atom is 0.267 e. The molecule has 0 fully saturated rings. The number of H-pyrrole nitrogens is 1. The molecule has 0 amide bonds. The molecule has 1 aromatic heterocycles. The Morgan fingerprint density at radius 1 is 1.00 bits per heavy atom. The molecule has 156 valence electrons. The van der Waals surface area contributed by atoms with Crippen LogP contribution in [-0.4, -0.2) is 30.5 Å². The van der Waals surface area contributed by atoms with E-state index in [1.165, 1.54) is 5.56 Å². The Bertz CT molecular complexity index is 1250. The minimum absolute atomic E-state index is 0.755. The zero-order chi connectivity index (χ0) is 21.3. The maximum absolute atomic E-state index is 5.86. The molecule has 0 saturated heterocycles. The van der Waals surface area contributed by atoms with E-state index in [1.54, 1.807) is 20.6 Å². The van der Waals surface area contributed by atoms with Crippen LogP contribution < -0.4 is 15.4 Å². The average molecular weight is 413 g/mol. The van der Waals surface area contributed by atoms with Crippen molar-refractivity contribution in [1.29, 1.82) is 0 Å². The van der Waals surface area contributed by atoms with Crippen LogP contribution in [0.3, 0.4) is 0 Å². The fourth-order valence-corrected chi connectivity index (χ4v) is 3.85. The summed E-state index contributed by atoms with van der Waals surface area (Å²) in [5, 5.41) is 6.60. The molecule has 2 heterocycles. The molecule has 1 aliphatic rings. The number of aromatic amines is 1. The topological polar surface area (TPSA) is 83.6 Å². The predicted octanol–water partition coefficient (Wildman–Crippen LogP) is 4.48. The Hall–Kier alpha value is -3.84. The summed E-state index contributed by atoms with van der Waals surface area (Å²) in [6.07, 6.45) is 2.39. The first-order valence-corrected chi connectivity index (χ1v) is 10.0. The van der Waals surface area contributed by atoms with Crippen molar-refractivity contribution in [2.45, 2.75) is 12.3 Å². The second-order valence-electron chi connectivity index (χ2n) is 7.36. The van der Waals surface area contributed by atoms with Gasteiger partial charge in [-0.1, -0.05) is 30.3 Å². The molecule has 7 nitrogen and oxygen atoms in total. The number of nitrogens with one attached hydrogen (secondary N) is 3. The van der Waals surface area contributed by atoms with Crippen LogP contribution in [0.15, 0.2) is 71.7 Å². The fraction of sp³-hybridized carbons (Fsp3) is 0.167. The molecule has 0 saturated carbocycles. The number of hydrogen-bond donors (Lipinski definition) is 3. The van der Waals surface area contributed by atoms with E-state index in [4.69, 9.17) is 14.5 Å². The lowest BCUT2D eigenvalue weighted by Gasteiger charge is -2.34. The molecule has 5 rings (SSSR count). The van der Waals surface area contributed by atoms with Crippen molar-refractivity contribution < 1.29 is 9.47 Å². The van der Waals surface area contributed by atoms with Crippen LogP contribution in [0.25, 0.3) is 11.0 Å². The molecule has 1 aliphatic heterocycles. The van der Waals surface area contributed by atoms with E-state index in [0.29, 0.717) is 0 Å². The summed E-state index contributed by atoms with van der Waals surface area (Å²) < 4.78 is 11.2. The van der Waals surface area contributed by atoms with Gasteiger partial charge >= 0.3 is 0 Å². The number of imidazole rings is 1. The van der Waals surface area contributed by atoms with Gasteiger partial charge in [0.1, 0.15) is 11.6 Å². The number of rotatable bonds is 6. The average Bonchev–Trinajstić information content (AvgIpc) is 3.21. The number of anilines is 2. The van der Waals surface area contributed by atoms with E-state index in [-0.39, 0.29) is 0 Å². The number of ether oxygens (including phenoxy) is 2. The van der Waals surface area contributed by atoms with Gasteiger partial charge < -0.3 is 25.1 Å². The summed E-state index contributed by atoms with van der Waals surface area (Å²) in [4.78, 5) is 12.7. The van der Waals surface area contributed by atoms with Gasteiger partial charge in [-0.25, -0.2) is 9.98 Å². The number of methoxy groups -OCH3 is 2. The number of aliphatic imine (C=N–C) groups is 1. The van der Waals surface area contributed by atoms with E-state index >= 15 is 0 Å². The Kier molecular flexibility index (Phi) is 4.80. The third-order valence-electron chi connectivity index (χ3n) is 5.41. The number of nitrogens with zero attached hydrogens (tertiary/aromatic N) is 2. The van der Waals surface area contributed by atoms with Crippen molar-refractivity contribution in [3.05, 3.63) is 83.7 Å². The largest absolute Gasteiger partial charge is 0.497 e. The minimum atomic E-state index is -1.05. The predicted molar refractivity (Wildman–Crippen MR) is 123 cm³/mol. The molecule has 31 heavy (non-hydrogen) atoms. The number of hydrogen-bond acceptors (Lipinski definition) is 6. The highest BCUT2D eigenvalue weighted by molar-refractivity contribution is 5.83. The molecule has 3 aromatic carbocycles. The van der Waals surface area contributed by atoms with E-state index in [1.807, 2.05) is 54.6 Å². The van der Waals surface area contributed by atoms with Gasteiger partial charge in [-0.15, -0.1) is 0 Å². The van der Waals surface area contributed by atoms with Gasteiger partial charge in [-0.05, 0) is 35.9 Å². The molecular weight excluding hydrogens is 390 g/mol. The molecule has 7 heteroatoms. The maximum atomic E-state index is 5.86. The zero-order valence-corrected chi connectivity index (χ0v) is 17.3. The van der Waals surface area contributed by atoms with Crippen LogP contribution in [0.2, 0.25) is 0 Å². The molecule has 0 radical (unpaired) electrons. The number of benzene rings is 3. The molecule has 0 aliphatic carbocycles. The van der Waals surface area contributed by atoms with E-state index in [9.17, 15) is 0 Å². The van der Waals surface area contributed by atoms with Crippen molar-refractivity contribution in [2.24, 2.45) is 4.99 Å². The summed E-state index contributed by atoms with van der Waals surface area (Å²) in [5.41, 5.74) is 5.69. The highest BCUT2D eigenvalue weighted by Crippen LogP contribution is 2.38. The van der Waals surface area contributed by atoms with Gasteiger partial charge in [-0.2, -0.15) is 0 Å². The second kappa shape index (κ2) is 7.77. The van der Waals surface area contributed by atoms with Gasteiger partial charge in [0.2, 0.25) is 0 Å². The first kappa shape index (κ1) is 19.1. The first-order valence-electron chi connectivity index (χ1n) is 10.0. The van der Waals surface area contributed by atoms with Gasteiger partial charge in [-0.3, -0.25) is 0 Å². The number of fused-ring (bicyclic) bond motifs is 2. The summed E-state index contributed by atoms with van der Waals surface area (Å²) in [7, 11) is 3.28. The van der Waals surface area contributed by atoms with Crippen LogP contribution in [0.1, 0.15) is 17.0 Å². The molecule has 3 N–H and O–H groups in total. The van der Waals surface area contributed by atoms with Crippen LogP contribution >= 0.6 is 0 Å². The second-order valence-corrected chi connectivity index (χ2v) is 7.36. The van der Waals surface area contributed by atoms with Gasteiger partial charge in [0.25, 0.3) is 5.85 Å². The van der Waals surface area contributed by atoms with E-state index < -0.39 is 5.85 Å². The lowest BCUT2D eigenvalue weighted by Crippen LogP contribution is -2.38. The van der Waals surface area contributed by atoms with E-state index in [0.717, 1.165) is 46.0 Å². The van der Waals surface area contributed by atoms with Crippen LogP contribution in [0, 0.1) is 0 Å². The summed E-state index contributed by atoms with van der Waals surface area (Å²) in [6.45, 7) is 0. The Balaban J connectivity index is 1.45. The Labute approximate surface area is 180 Å². The smallest absolute Gasteiger partial charge is 0.267 e. The normalized spacial score (nSPS) is 17.2.